The number of ether oxygens (including phenoxy) is 1. The van der Waals surface area contributed by atoms with Crippen molar-refractivity contribution in [3.8, 4) is 0 Å². The zero-order valence-electron chi connectivity index (χ0n) is 12.5. The maximum Gasteiger partial charge on any atom is 0.432 e. The molecule has 0 saturated carbocycles. The summed E-state index contributed by atoms with van der Waals surface area (Å²) in [5.74, 6) is -0.616. The first-order valence-electron chi connectivity index (χ1n) is 7.33. The molecule has 1 amide bonds. The predicted octanol–water partition coefficient (Wildman–Crippen LogP) is 1.81. The van der Waals surface area contributed by atoms with E-state index in [2.05, 4.69) is 15.4 Å². The predicted molar refractivity (Wildman–Crippen MR) is 77.1 cm³/mol. The Morgan fingerprint density at radius 1 is 1.33 bits per heavy atom. The number of aromatic nitrogens is 3. The van der Waals surface area contributed by atoms with E-state index >= 15 is 0 Å². The van der Waals surface area contributed by atoms with Crippen molar-refractivity contribution < 1.29 is 22.7 Å². The molecule has 2 aromatic rings. The Kier molecular flexibility index (Phi) is 4.52. The highest BCUT2D eigenvalue weighted by Crippen LogP contribution is 2.27. The van der Waals surface area contributed by atoms with Crippen molar-refractivity contribution in [1.29, 1.82) is 0 Å². The first-order valence-corrected chi connectivity index (χ1v) is 7.33. The molecular weight excluding hydrogens is 325 g/mol. The van der Waals surface area contributed by atoms with Crippen LogP contribution in [0.25, 0.3) is 0 Å². The molecule has 1 aliphatic heterocycles. The zero-order valence-corrected chi connectivity index (χ0v) is 12.5. The van der Waals surface area contributed by atoms with Crippen LogP contribution in [0.3, 0.4) is 0 Å². The van der Waals surface area contributed by atoms with Crippen molar-refractivity contribution >= 4 is 5.91 Å². The number of pyridine rings is 1. The number of aromatic amines is 1. The van der Waals surface area contributed by atoms with Crippen molar-refractivity contribution in [2.24, 2.45) is 5.92 Å². The molecule has 2 N–H and O–H groups in total. The molecule has 3 rings (SSSR count). The SMILES string of the molecule is O=C(N[C@@H]1COC[C@H]1Cc1ccncc1)c1cc(C(F)(F)F)[nH]n1. The number of nitrogens with zero attached hydrogens (tertiary/aromatic N) is 2. The molecule has 9 heteroatoms. The van der Waals surface area contributed by atoms with Crippen LogP contribution in [0.2, 0.25) is 0 Å². The van der Waals surface area contributed by atoms with Crippen LogP contribution in [-0.2, 0) is 17.3 Å². The van der Waals surface area contributed by atoms with Gasteiger partial charge in [0.15, 0.2) is 5.69 Å². The molecule has 0 unspecified atom stereocenters. The highest BCUT2D eigenvalue weighted by molar-refractivity contribution is 5.92. The number of halogens is 3. The van der Waals surface area contributed by atoms with Crippen LogP contribution in [0.15, 0.2) is 30.6 Å². The summed E-state index contributed by atoms with van der Waals surface area (Å²) in [6, 6.07) is 4.17. The number of nitrogens with one attached hydrogen (secondary N) is 2. The standard InChI is InChI=1S/C15H15F3N4O2/c16-15(17,18)13-6-11(21-22-13)14(23)20-12-8-24-7-10(12)5-9-1-3-19-4-2-9/h1-4,6,10,12H,5,7-8H2,(H,20,23)(H,21,22)/t10-,12-/m1/s1. The summed E-state index contributed by atoms with van der Waals surface area (Å²) in [5, 5.41) is 7.96. The molecule has 2 aromatic heterocycles. The number of rotatable bonds is 4. The number of carbonyl (C=O) groups excluding carboxylic acids is 1. The minimum absolute atomic E-state index is 0.0392. The van der Waals surface area contributed by atoms with Crippen molar-refractivity contribution in [1.82, 2.24) is 20.5 Å². The number of amides is 1. The Morgan fingerprint density at radius 3 is 2.75 bits per heavy atom. The molecule has 24 heavy (non-hydrogen) atoms. The van der Waals surface area contributed by atoms with Gasteiger partial charge in [0, 0.05) is 24.4 Å². The summed E-state index contributed by atoms with van der Waals surface area (Å²) in [6.45, 7) is 0.791. The first kappa shape index (κ1) is 16.4. The summed E-state index contributed by atoms with van der Waals surface area (Å²) >= 11 is 0. The van der Waals surface area contributed by atoms with E-state index in [4.69, 9.17) is 4.74 Å². The highest BCUT2D eigenvalue weighted by atomic mass is 19.4. The topological polar surface area (TPSA) is 79.9 Å². The molecule has 1 fully saturated rings. The van der Waals surface area contributed by atoms with Gasteiger partial charge in [-0.25, -0.2) is 0 Å². The summed E-state index contributed by atoms with van der Waals surface area (Å²) < 4.78 is 43.0. The lowest BCUT2D eigenvalue weighted by atomic mass is 9.95. The number of hydrogen-bond donors (Lipinski definition) is 2. The molecule has 128 valence electrons. The van der Waals surface area contributed by atoms with E-state index in [0.29, 0.717) is 25.7 Å². The van der Waals surface area contributed by atoms with Gasteiger partial charge < -0.3 is 10.1 Å². The monoisotopic (exact) mass is 340 g/mol. The van der Waals surface area contributed by atoms with Crippen LogP contribution in [0.4, 0.5) is 13.2 Å². The Labute approximate surface area is 135 Å². The summed E-state index contributed by atoms with van der Waals surface area (Å²) in [5.41, 5.74) is -0.292. The van der Waals surface area contributed by atoms with Crippen molar-refractivity contribution in [3.05, 3.63) is 47.5 Å². The number of carbonyl (C=O) groups is 1. The van der Waals surface area contributed by atoms with E-state index in [1.165, 1.54) is 0 Å². The third-order valence-electron chi connectivity index (χ3n) is 3.88. The van der Waals surface area contributed by atoms with Gasteiger partial charge in [-0.1, -0.05) is 0 Å². The molecule has 0 spiro atoms. The Hall–Kier alpha value is -2.42. The minimum atomic E-state index is -4.56. The van der Waals surface area contributed by atoms with Crippen molar-refractivity contribution in [2.45, 2.75) is 18.6 Å². The number of hydrogen-bond acceptors (Lipinski definition) is 4. The second-order valence-corrected chi connectivity index (χ2v) is 5.60. The van der Waals surface area contributed by atoms with Crippen LogP contribution in [0, 0.1) is 5.92 Å². The maximum atomic E-state index is 12.5. The summed E-state index contributed by atoms with van der Waals surface area (Å²) in [7, 11) is 0. The Morgan fingerprint density at radius 2 is 2.08 bits per heavy atom. The third-order valence-corrected chi connectivity index (χ3v) is 3.88. The van der Waals surface area contributed by atoms with Crippen molar-refractivity contribution in [3.63, 3.8) is 0 Å². The zero-order chi connectivity index (χ0) is 17.2. The van der Waals surface area contributed by atoms with Crippen LogP contribution in [-0.4, -0.2) is 40.3 Å². The van der Waals surface area contributed by atoms with E-state index in [0.717, 1.165) is 5.56 Å². The average Bonchev–Trinajstić information content (AvgIpc) is 3.18. The Balaban J connectivity index is 1.64. The molecule has 2 atom stereocenters. The second kappa shape index (κ2) is 6.60. The lowest BCUT2D eigenvalue weighted by molar-refractivity contribution is -0.141. The normalized spacial score (nSPS) is 21.0. The molecule has 0 radical (unpaired) electrons. The van der Waals surface area contributed by atoms with E-state index in [1.54, 1.807) is 12.4 Å². The highest BCUT2D eigenvalue weighted by Gasteiger charge is 2.35. The smallest absolute Gasteiger partial charge is 0.379 e. The van der Waals surface area contributed by atoms with Gasteiger partial charge in [-0.05, 0) is 24.1 Å². The average molecular weight is 340 g/mol. The lowest BCUT2D eigenvalue weighted by Gasteiger charge is -2.18. The number of alkyl halides is 3. The fourth-order valence-corrected chi connectivity index (χ4v) is 2.61. The quantitative estimate of drug-likeness (QED) is 0.890. The van der Waals surface area contributed by atoms with Gasteiger partial charge in [0.2, 0.25) is 0 Å². The fourth-order valence-electron chi connectivity index (χ4n) is 2.61. The summed E-state index contributed by atoms with van der Waals surface area (Å²) in [6.07, 6.45) is -0.518. The van der Waals surface area contributed by atoms with E-state index in [9.17, 15) is 18.0 Å². The third kappa shape index (κ3) is 3.73. The lowest BCUT2D eigenvalue weighted by Crippen LogP contribution is -2.40. The Bertz CT molecular complexity index is 702. The van der Waals surface area contributed by atoms with Crippen molar-refractivity contribution in [2.75, 3.05) is 13.2 Å². The molecule has 6 nitrogen and oxygen atoms in total. The minimum Gasteiger partial charge on any atom is -0.379 e. The van der Waals surface area contributed by atoms with Gasteiger partial charge >= 0.3 is 6.18 Å². The molecule has 1 saturated heterocycles. The van der Waals surface area contributed by atoms with Crippen LogP contribution in [0.1, 0.15) is 21.7 Å². The summed E-state index contributed by atoms with van der Waals surface area (Å²) in [4.78, 5) is 16.1. The molecule has 0 aliphatic carbocycles. The van der Waals surface area contributed by atoms with Gasteiger partial charge in [-0.3, -0.25) is 14.9 Å². The second-order valence-electron chi connectivity index (χ2n) is 5.60. The number of H-pyrrole nitrogens is 1. The van der Waals surface area contributed by atoms with E-state index in [-0.39, 0.29) is 17.7 Å². The molecular formula is C15H15F3N4O2. The first-order chi connectivity index (χ1) is 11.4. The molecule has 0 aromatic carbocycles. The molecule has 3 heterocycles. The van der Waals surface area contributed by atoms with Gasteiger partial charge in [-0.15, -0.1) is 0 Å². The molecule has 1 aliphatic rings. The van der Waals surface area contributed by atoms with Crippen LogP contribution in [0.5, 0.6) is 0 Å². The van der Waals surface area contributed by atoms with Gasteiger partial charge in [0.05, 0.1) is 19.3 Å². The molecule has 0 bridgehead atoms. The van der Waals surface area contributed by atoms with Gasteiger partial charge in [-0.2, -0.15) is 18.3 Å². The fraction of sp³-hybridized carbons (Fsp3) is 0.400. The van der Waals surface area contributed by atoms with Crippen LogP contribution < -0.4 is 5.32 Å². The van der Waals surface area contributed by atoms with Gasteiger partial charge in [0.1, 0.15) is 5.69 Å². The van der Waals surface area contributed by atoms with Crippen LogP contribution >= 0.6 is 0 Å². The maximum absolute atomic E-state index is 12.5. The van der Waals surface area contributed by atoms with E-state index in [1.807, 2.05) is 17.2 Å². The van der Waals surface area contributed by atoms with E-state index < -0.39 is 17.8 Å². The largest absolute Gasteiger partial charge is 0.432 e. The van der Waals surface area contributed by atoms with Gasteiger partial charge in [0.25, 0.3) is 5.91 Å².